The monoisotopic (exact) mass is 350 g/mol. The molecule has 1 heterocycles. The van der Waals surface area contributed by atoms with Gasteiger partial charge in [-0.2, -0.15) is 0 Å². The Morgan fingerprint density at radius 2 is 1.65 bits per heavy atom. The predicted octanol–water partition coefficient (Wildman–Crippen LogP) is 4.56. The Kier molecular flexibility index (Phi) is 5.12. The standard InChI is InChI=1S/C22H26N2O2/c1-15(2)22(26)24(18-10-6-5-7-11-18)21-14-16(3)23(17(4)25)20-13-9-8-12-19(20)21/h5-13,15-16,21H,14H2,1-4H3/t16-,21-/m0/s1. The number of hydrogen-bond acceptors (Lipinski definition) is 2. The Morgan fingerprint density at radius 3 is 2.27 bits per heavy atom. The fourth-order valence-corrected chi connectivity index (χ4v) is 3.83. The van der Waals surface area contributed by atoms with Gasteiger partial charge < -0.3 is 9.80 Å². The topological polar surface area (TPSA) is 40.6 Å². The van der Waals surface area contributed by atoms with E-state index in [1.807, 2.05) is 85.2 Å². The molecule has 0 spiro atoms. The Balaban J connectivity index is 2.14. The highest BCUT2D eigenvalue weighted by Crippen LogP contribution is 2.42. The maximum absolute atomic E-state index is 13.1. The molecule has 26 heavy (non-hydrogen) atoms. The Morgan fingerprint density at radius 1 is 1.04 bits per heavy atom. The first-order valence-electron chi connectivity index (χ1n) is 9.18. The zero-order chi connectivity index (χ0) is 18.8. The summed E-state index contributed by atoms with van der Waals surface area (Å²) in [5.74, 6) is 0.0211. The van der Waals surface area contributed by atoms with E-state index < -0.39 is 0 Å². The molecule has 2 amide bonds. The third-order valence-corrected chi connectivity index (χ3v) is 4.98. The van der Waals surface area contributed by atoms with Gasteiger partial charge in [0, 0.05) is 30.3 Å². The molecule has 0 radical (unpaired) electrons. The van der Waals surface area contributed by atoms with Crippen LogP contribution in [0.15, 0.2) is 54.6 Å². The van der Waals surface area contributed by atoms with Gasteiger partial charge in [0.05, 0.1) is 6.04 Å². The van der Waals surface area contributed by atoms with Crippen LogP contribution in [0.25, 0.3) is 0 Å². The van der Waals surface area contributed by atoms with Gasteiger partial charge in [0.1, 0.15) is 0 Å². The molecule has 2 aromatic carbocycles. The minimum atomic E-state index is -0.108. The lowest BCUT2D eigenvalue weighted by Gasteiger charge is -2.43. The van der Waals surface area contributed by atoms with Gasteiger partial charge in [0.15, 0.2) is 0 Å². The summed E-state index contributed by atoms with van der Waals surface area (Å²) in [6.07, 6.45) is 0.712. The van der Waals surface area contributed by atoms with Crippen LogP contribution in [0.1, 0.15) is 45.7 Å². The van der Waals surface area contributed by atoms with Crippen LogP contribution < -0.4 is 9.80 Å². The van der Waals surface area contributed by atoms with Crippen LogP contribution in [0.2, 0.25) is 0 Å². The van der Waals surface area contributed by atoms with Gasteiger partial charge in [-0.05, 0) is 37.1 Å². The van der Waals surface area contributed by atoms with E-state index in [0.717, 1.165) is 16.9 Å². The number of nitrogens with zero attached hydrogens (tertiary/aromatic N) is 2. The summed E-state index contributed by atoms with van der Waals surface area (Å²) in [7, 11) is 0. The smallest absolute Gasteiger partial charge is 0.230 e. The second-order valence-corrected chi connectivity index (χ2v) is 7.25. The summed E-state index contributed by atoms with van der Waals surface area (Å²) in [5, 5.41) is 0. The molecule has 136 valence electrons. The average Bonchev–Trinajstić information content (AvgIpc) is 2.62. The van der Waals surface area contributed by atoms with Crippen LogP contribution in [0.3, 0.4) is 0 Å². The maximum atomic E-state index is 13.1. The molecule has 1 aliphatic heterocycles. The van der Waals surface area contributed by atoms with Gasteiger partial charge in [-0.3, -0.25) is 9.59 Å². The normalized spacial score (nSPS) is 19.2. The van der Waals surface area contributed by atoms with Crippen LogP contribution in [0.5, 0.6) is 0 Å². The summed E-state index contributed by atoms with van der Waals surface area (Å²) in [6.45, 7) is 7.51. The molecule has 4 nitrogen and oxygen atoms in total. The lowest BCUT2D eigenvalue weighted by molar-refractivity contribution is -0.122. The SMILES string of the molecule is CC(=O)N1c2ccccc2[C@@H](N(C(=O)C(C)C)c2ccccc2)C[C@@H]1C. The first kappa shape index (κ1) is 18.2. The Hall–Kier alpha value is -2.62. The molecular formula is C22H26N2O2. The van der Waals surface area contributed by atoms with Crippen molar-refractivity contribution in [1.82, 2.24) is 0 Å². The van der Waals surface area contributed by atoms with Crippen molar-refractivity contribution in [2.45, 2.75) is 46.2 Å². The number of anilines is 2. The zero-order valence-electron chi connectivity index (χ0n) is 15.8. The molecule has 1 aliphatic rings. The molecule has 4 heteroatoms. The van der Waals surface area contributed by atoms with Crippen LogP contribution in [-0.2, 0) is 9.59 Å². The van der Waals surface area contributed by atoms with E-state index >= 15 is 0 Å². The predicted molar refractivity (Wildman–Crippen MR) is 105 cm³/mol. The molecule has 0 unspecified atom stereocenters. The first-order chi connectivity index (χ1) is 12.4. The van der Waals surface area contributed by atoms with Gasteiger partial charge in [-0.25, -0.2) is 0 Å². The fraction of sp³-hybridized carbons (Fsp3) is 0.364. The van der Waals surface area contributed by atoms with Gasteiger partial charge in [0.25, 0.3) is 0 Å². The lowest BCUT2D eigenvalue weighted by Crippen LogP contribution is -2.47. The van der Waals surface area contributed by atoms with Crippen LogP contribution in [0.4, 0.5) is 11.4 Å². The van der Waals surface area contributed by atoms with Crippen LogP contribution in [0, 0.1) is 5.92 Å². The van der Waals surface area contributed by atoms with Crippen LogP contribution >= 0.6 is 0 Å². The highest BCUT2D eigenvalue weighted by atomic mass is 16.2. The zero-order valence-corrected chi connectivity index (χ0v) is 15.8. The summed E-state index contributed by atoms with van der Waals surface area (Å²) < 4.78 is 0. The molecule has 3 rings (SSSR count). The van der Waals surface area contributed by atoms with Crippen molar-refractivity contribution in [3.05, 3.63) is 60.2 Å². The highest BCUT2D eigenvalue weighted by molar-refractivity contribution is 5.98. The summed E-state index contributed by atoms with van der Waals surface area (Å²) in [6, 6.07) is 17.7. The van der Waals surface area contributed by atoms with E-state index in [-0.39, 0.29) is 29.8 Å². The van der Waals surface area contributed by atoms with E-state index in [0.29, 0.717) is 6.42 Å². The number of fused-ring (bicyclic) bond motifs is 1. The molecule has 2 atom stereocenters. The molecule has 0 N–H and O–H groups in total. The van der Waals surface area contributed by atoms with E-state index in [9.17, 15) is 9.59 Å². The van der Waals surface area contributed by atoms with Crippen molar-refractivity contribution in [2.24, 2.45) is 5.92 Å². The van der Waals surface area contributed by atoms with Gasteiger partial charge in [0.2, 0.25) is 11.8 Å². The maximum Gasteiger partial charge on any atom is 0.230 e. The van der Waals surface area contributed by atoms with Crippen molar-refractivity contribution in [3.8, 4) is 0 Å². The third kappa shape index (κ3) is 3.24. The van der Waals surface area contributed by atoms with E-state index in [1.54, 1.807) is 6.92 Å². The summed E-state index contributed by atoms with van der Waals surface area (Å²) in [4.78, 5) is 29.1. The average molecular weight is 350 g/mol. The molecule has 2 aromatic rings. The largest absolute Gasteiger partial charge is 0.309 e. The van der Waals surface area contributed by atoms with Gasteiger partial charge in [-0.15, -0.1) is 0 Å². The van der Waals surface area contributed by atoms with Crippen molar-refractivity contribution in [2.75, 3.05) is 9.80 Å². The Bertz CT molecular complexity index is 801. The summed E-state index contributed by atoms with van der Waals surface area (Å²) in [5.41, 5.74) is 2.83. The highest BCUT2D eigenvalue weighted by Gasteiger charge is 2.37. The quantitative estimate of drug-likeness (QED) is 0.814. The minimum absolute atomic E-state index is 0.0265. The fourth-order valence-electron chi connectivity index (χ4n) is 3.83. The molecule has 0 fully saturated rings. The van der Waals surface area contributed by atoms with E-state index in [2.05, 4.69) is 0 Å². The second-order valence-electron chi connectivity index (χ2n) is 7.25. The third-order valence-electron chi connectivity index (χ3n) is 4.98. The molecule has 0 aromatic heterocycles. The molecular weight excluding hydrogens is 324 g/mol. The number of carbonyl (C=O) groups is 2. The van der Waals surface area contributed by atoms with Gasteiger partial charge >= 0.3 is 0 Å². The number of benzene rings is 2. The number of rotatable bonds is 3. The molecule has 0 saturated carbocycles. The molecule has 0 aliphatic carbocycles. The molecule has 0 saturated heterocycles. The minimum Gasteiger partial charge on any atom is -0.309 e. The van der Waals surface area contributed by atoms with Crippen molar-refractivity contribution in [3.63, 3.8) is 0 Å². The second kappa shape index (κ2) is 7.32. The summed E-state index contributed by atoms with van der Waals surface area (Å²) >= 11 is 0. The van der Waals surface area contributed by atoms with Crippen molar-refractivity contribution < 1.29 is 9.59 Å². The van der Waals surface area contributed by atoms with Gasteiger partial charge in [-0.1, -0.05) is 50.2 Å². The van der Waals surface area contributed by atoms with Crippen molar-refractivity contribution in [1.29, 1.82) is 0 Å². The number of carbonyl (C=O) groups excluding carboxylic acids is 2. The lowest BCUT2D eigenvalue weighted by atomic mass is 9.89. The van der Waals surface area contributed by atoms with Crippen molar-refractivity contribution >= 4 is 23.2 Å². The first-order valence-corrected chi connectivity index (χ1v) is 9.18. The van der Waals surface area contributed by atoms with Crippen LogP contribution in [-0.4, -0.2) is 17.9 Å². The Labute approximate surface area is 155 Å². The number of para-hydroxylation sites is 2. The van der Waals surface area contributed by atoms with E-state index in [4.69, 9.17) is 0 Å². The number of amides is 2. The number of hydrogen-bond donors (Lipinski definition) is 0. The van der Waals surface area contributed by atoms with E-state index in [1.165, 1.54) is 0 Å². The molecule has 0 bridgehead atoms.